The van der Waals surface area contributed by atoms with Gasteiger partial charge in [0.25, 0.3) is 0 Å². The first-order chi connectivity index (χ1) is 17.4. The van der Waals surface area contributed by atoms with Gasteiger partial charge >= 0.3 is 0 Å². The number of benzene rings is 2. The van der Waals surface area contributed by atoms with Crippen LogP contribution in [0.5, 0.6) is 5.75 Å². The molecule has 36 heavy (non-hydrogen) atoms. The number of aromatic nitrogens is 4. The van der Waals surface area contributed by atoms with Gasteiger partial charge in [-0.3, -0.25) is 0 Å². The highest BCUT2D eigenvalue weighted by Crippen LogP contribution is 2.36. The smallest absolute Gasteiger partial charge is 0.229 e. The van der Waals surface area contributed by atoms with E-state index in [9.17, 15) is 4.39 Å². The molecule has 0 spiro atoms. The van der Waals surface area contributed by atoms with Gasteiger partial charge in [0, 0.05) is 49.1 Å². The number of methoxy groups -OCH3 is 1. The first-order valence-corrected chi connectivity index (χ1v) is 12.0. The fourth-order valence-corrected chi connectivity index (χ4v) is 4.66. The molecule has 3 heterocycles. The van der Waals surface area contributed by atoms with Crippen LogP contribution in [0.2, 0.25) is 0 Å². The maximum atomic E-state index is 13.6. The molecule has 9 heteroatoms. The average molecular weight is 488 g/mol. The summed E-state index contributed by atoms with van der Waals surface area (Å²) in [5.74, 6) is 1.76. The van der Waals surface area contributed by atoms with Gasteiger partial charge in [-0.25, -0.2) is 14.4 Å². The SMILES string of the molecule is CCNc1nc(Nc2ccc(-n3cnc(C)c3)c(OC)c2)nc2c1CN(C)CC2c1ccc(F)cc1. The third kappa shape index (κ3) is 4.74. The highest BCUT2D eigenvalue weighted by Gasteiger charge is 2.30. The zero-order chi connectivity index (χ0) is 25.2. The van der Waals surface area contributed by atoms with Crippen LogP contribution in [0.15, 0.2) is 55.0 Å². The summed E-state index contributed by atoms with van der Waals surface area (Å²) in [6.45, 7) is 6.26. The third-order valence-corrected chi connectivity index (χ3v) is 6.33. The van der Waals surface area contributed by atoms with Crippen molar-refractivity contribution in [1.29, 1.82) is 0 Å². The molecule has 1 aliphatic rings. The van der Waals surface area contributed by atoms with Crippen LogP contribution in [0.3, 0.4) is 0 Å². The quantitative estimate of drug-likeness (QED) is 0.385. The van der Waals surface area contributed by atoms with Gasteiger partial charge in [-0.1, -0.05) is 12.1 Å². The van der Waals surface area contributed by atoms with Gasteiger partial charge in [0.15, 0.2) is 0 Å². The molecule has 2 aromatic carbocycles. The van der Waals surface area contributed by atoms with Crippen LogP contribution in [-0.4, -0.2) is 51.7 Å². The zero-order valence-electron chi connectivity index (χ0n) is 20.9. The summed E-state index contributed by atoms with van der Waals surface area (Å²) >= 11 is 0. The number of hydrogen-bond acceptors (Lipinski definition) is 7. The Morgan fingerprint density at radius 1 is 1.14 bits per heavy atom. The first-order valence-electron chi connectivity index (χ1n) is 12.0. The van der Waals surface area contributed by atoms with Crippen LogP contribution >= 0.6 is 0 Å². The minimum absolute atomic E-state index is 0.00157. The van der Waals surface area contributed by atoms with Crippen molar-refractivity contribution in [3.05, 3.63) is 83.3 Å². The largest absolute Gasteiger partial charge is 0.494 e. The molecule has 0 aliphatic carbocycles. The Morgan fingerprint density at radius 2 is 1.94 bits per heavy atom. The van der Waals surface area contributed by atoms with Gasteiger partial charge in [0.2, 0.25) is 5.95 Å². The number of fused-ring (bicyclic) bond motifs is 1. The van der Waals surface area contributed by atoms with E-state index in [2.05, 4.69) is 27.6 Å². The molecule has 5 rings (SSSR count). The third-order valence-electron chi connectivity index (χ3n) is 6.33. The summed E-state index contributed by atoms with van der Waals surface area (Å²) in [7, 11) is 3.73. The molecule has 1 aliphatic heterocycles. The average Bonchev–Trinajstić information content (AvgIpc) is 3.30. The number of likely N-dealkylation sites (N-methyl/N-ethyl adjacent to an activating group) is 1. The lowest BCUT2D eigenvalue weighted by molar-refractivity contribution is 0.291. The van der Waals surface area contributed by atoms with E-state index in [1.54, 1.807) is 13.4 Å². The van der Waals surface area contributed by atoms with Crippen LogP contribution in [0.25, 0.3) is 5.69 Å². The molecule has 4 aromatic rings. The molecule has 1 atom stereocenters. The Kier molecular flexibility index (Phi) is 6.56. The Labute approximate surface area is 210 Å². The second-order valence-corrected chi connectivity index (χ2v) is 9.02. The van der Waals surface area contributed by atoms with Gasteiger partial charge < -0.3 is 24.8 Å². The van der Waals surface area contributed by atoms with Crippen LogP contribution in [0.4, 0.5) is 21.8 Å². The Morgan fingerprint density at radius 3 is 2.64 bits per heavy atom. The molecule has 0 amide bonds. The maximum absolute atomic E-state index is 13.6. The van der Waals surface area contributed by atoms with E-state index in [0.29, 0.717) is 11.7 Å². The van der Waals surface area contributed by atoms with Gasteiger partial charge in [-0.15, -0.1) is 0 Å². The second kappa shape index (κ2) is 9.94. The molecule has 0 radical (unpaired) electrons. The Balaban J connectivity index is 1.53. The molecule has 2 N–H and O–H groups in total. The van der Waals surface area contributed by atoms with E-state index < -0.39 is 0 Å². The predicted octanol–water partition coefficient (Wildman–Crippen LogP) is 4.87. The Hall–Kier alpha value is -3.98. The van der Waals surface area contributed by atoms with E-state index in [-0.39, 0.29) is 11.7 Å². The molecule has 1 unspecified atom stereocenters. The molecule has 8 nitrogen and oxygen atoms in total. The number of imidazole rings is 1. The van der Waals surface area contributed by atoms with Crippen molar-refractivity contribution in [2.75, 3.05) is 37.9 Å². The topological polar surface area (TPSA) is 80.1 Å². The summed E-state index contributed by atoms with van der Waals surface area (Å²) in [6.07, 6.45) is 3.72. The number of nitrogens with zero attached hydrogens (tertiary/aromatic N) is 5. The summed E-state index contributed by atoms with van der Waals surface area (Å²) in [5, 5.41) is 6.77. The molecular weight excluding hydrogens is 457 g/mol. The van der Waals surface area contributed by atoms with Crippen molar-refractivity contribution in [3.63, 3.8) is 0 Å². The van der Waals surface area contributed by atoms with E-state index >= 15 is 0 Å². The number of halogens is 1. The molecule has 186 valence electrons. The van der Waals surface area contributed by atoms with E-state index in [0.717, 1.165) is 59.3 Å². The standard InChI is InChI=1S/C27H30FN7O/c1-5-29-26-22-15-34(3)14-21(18-6-8-19(28)9-7-18)25(22)32-27(33-26)31-20-10-11-23(24(12-20)36-4)35-13-17(2)30-16-35/h6-13,16,21H,5,14-15H2,1-4H3,(H2,29,31,32,33). The molecule has 0 bridgehead atoms. The van der Waals surface area contributed by atoms with Crippen molar-refractivity contribution in [2.24, 2.45) is 0 Å². The lowest BCUT2D eigenvalue weighted by atomic mass is 9.89. The summed E-state index contributed by atoms with van der Waals surface area (Å²) in [4.78, 5) is 16.3. The minimum atomic E-state index is -0.246. The number of nitrogens with one attached hydrogen (secondary N) is 2. The van der Waals surface area contributed by atoms with Crippen molar-refractivity contribution in [2.45, 2.75) is 26.3 Å². The van der Waals surface area contributed by atoms with Crippen molar-refractivity contribution >= 4 is 17.5 Å². The molecule has 2 aromatic heterocycles. The maximum Gasteiger partial charge on any atom is 0.229 e. The van der Waals surface area contributed by atoms with Gasteiger partial charge in [0.1, 0.15) is 17.4 Å². The van der Waals surface area contributed by atoms with Crippen LogP contribution in [-0.2, 0) is 6.54 Å². The highest BCUT2D eigenvalue weighted by atomic mass is 19.1. The Bertz CT molecular complexity index is 1370. The summed E-state index contributed by atoms with van der Waals surface area (Å²) < 4.78 is 21.2. The van der Waals surface area contributed by atoms with E-state index in [4.69, 9.17) is 14.7 Å². The van der Waals surface area contributed by atoms with Gasteiger partial charge in [-0.2, -0.15) is 4.98 Å². The lowest BCUT2D eigenvalue weighted by Crippen LogP contribution is -2.33. The molecule has 0 saturated carbocycles. The fourth-order valence-electron chi connectivity index (χ4n) is 4.66. The molecule has 0 saturated heterocycles. The highest BCUT2D eigenvalue weighted by molar-refractivity contribution is 5.64. The minimum Gasteiger partial charge on any atom is -0.494 e. The zero-order valence-corrected chi connectivity index (χ0v) is 20.9. The normalized spacial score (nSPS) is 15.4. The number of aryl methyl sites for hydroxylation is 1. The van der Waals surface area contributed by atoms with Gasteiger partial charge in [-0.05, 0) is 50.7 Å². The summed E-state index contributed by atoms with van der Waals surface area (Å²) in [6, 6.07) is 12.6. The van der Waals surface area contributed by atoms with Gasteiger partial charge in [0.05, 0.1) is 30.5 Å². The number of anilines is 3. The first kappa shape index (κ1) is 23.7. The fraction of sp³-hybridized carbons (Fsp3) is 0.296. The van der Waals surface area contributed by atoms with E-state index in [1.165, 1.54) is 12.1 Å². The van der Waals surface area contributed by atoms with Crippen LogP contribution in [0, 0.1) is 12.7 Å². The number of ether oxygens (including phenoxy) is 1. The van der Waals surface area contributed by atoms with Crippen LogP contribution < -0.4 is 15.4 Å². The predicted molar refractivity (Wildman–Crippen MR) is 139 cm³/mol. The molecular formula is C27H30FN7O. The van der Waals surface area contributed by atoms with Crippen molar-refractivity contribution in [1.82, 2.24) is 24.4 Å². The molecule has 0 fully saturated rings. The summed E-state index contributed by atoms with van der Waals surface area (Å²) in [5.41, 5.74) is 5.67. The van der Waals surface area contributed by atoms with Crippen molar-refractivity contribution in [3.8, 4) is 11.4 Å². The number of rotatable bonds is 7. The lowest BCUT2D eigenvalue weighted by Gasteiger charge is -2.33. The van der Waals surface area contributed by atoms with Crippen molar-refractivity contribution < 1.29 is 9.13 Å². The second-order valence-electron chi connectivity index (χ2n) is 9.02. The van der Waals surface area contributed by atoms with E-state index in [1.807, 2.05) is 54.9 Å². The van der Waals surface area contributed by atoms with Crippen LogP contribution in [0.1, 0.15) is 35.4 Å². The monoisotopic (exact) mass is 487 g/mol. The number of hydrogen-bond donors (Lipinski definition) is 2.